The van der Waals surface area contributed by atoms with E-state index >= 15 is 0 Å². The molecule has 0 bridgehead atoms. The van der Waals surface area contributed by atoms with Crippen molar-refractivity contribution in [3.8, 4) is 0 Å². The molecule has 1 aliphatic rings. The van der Waals surface area contributed by atoms with Crippen LogP contribution in [0.5, 0.6) is 0 Å². The number of hydrogen-bond donors (Lipinski definition) is 2. The van der Waals surface area contributed by atoms with E-state index in [1.165, 1.54) is 0 Å². The number of nitrogens with zero attached hydrogens (tertiary/aromatic N) is 1. The van der Waals surface area contributed by atoms with E-state index in [-0.39, 0.29) is 11.6 Å². The van der Waals surface area contributed by atoms with Gasteiger partial charge < -0.3 is 15.8 Å². The molecule has 0 aliphatic carbocycles. The Morgan fingerprint density at radius 2 is 2.40 bits per heavy atom. The molecule has 0 spiro atoms. The van der Waals surface area contributed by atoms with E-state index in [1.54, 1.807) is 12.3 Å². The van der Waals surface area contributed by atoms with E-state index in [9.17, 15) is 0 Å². The standard InChI is InChI=1S/C11H17N3O/c1-8-11(2,5-6-15-8)14-9-3-4-10(12)13-7-9/h3-4,7-8,14H,5-6H2,1-2H3,(H2,12,13). The normalized spacial score (nSPS) is 30.4. The van der Waals surface area contributed by atoms with Crippen molar-refractivity contribution in [1.82, 2.24) is 4.98 Å². The highest BCUT2D eigenvalue weighted by Crippen LogP contribution is 2.29. The Hall–Kier alpha value is -1.29. The average molecular weight is 207 g/mol. The Morgan fingerprint density at radius 3 is 2.93 bits per heavy atom. The number of nitrogens with two attached hydrogens (primary N) is 1. The van der Waals surface area contributed by atoms with Gasteiger partial charge in [-0.25, -0.2) is 4.98 Å². The summed E-state index contributed by atoms with van der Waals surface area (Å²) >= 11 is 0. The average Bonchev–Trinajstić information content (AvgIpc) is 2.51. The van der Waals surface area contributed by atoms with Crippen LogP contribution < -0.4 is 11.1 Å². The Kier molecular flexibility index (Phi) is 2.52. The Balaban J connectivity index is 2.11. The van der Waals surface area contributed by atoms with Gasteiger partial charge >= 0.3 is 0 Å². The zero-order valence-corrected chi connectivity index (χ0v) is 9.16. The topological polar surface area (TPSA) is 60.2 Å². The van der Waals surface area contributed by atoms with Crippen LogP contribution >= 0.6 is 0 Å². The molecule has 82 valence electrons. The highest BCUT2D eigenvalue weighted by Gasteiger charge is 2.36. The summed E-state index contributed by atoms with van der Waals surface area (Å²) < 4.78 is 5.56. The predicted molar refractivity (Wildman–Crippen MR) is 60.7 cm³/mol. The fourth-order valence-electron chi connectivity index (χ4n) is 1.81. The maximum atomic E-state index is 5.56. The summed E-state index contributed by atoms with van der Waals surface area (Å²) in [7, 11) is 0. The molecule has 1 fully saturated rings. The molecule has 4 heteroatoms. The van der Waals surface area contributed by atoms with Crippen LogP contribution in [0.1, 0.15) is 20.3 Å². The number of anilines is 2. The molecule has 0 aromatic carbocycles. The largest absolute Gasteiger partial charge is 0.384 e. The van der Waals surface area contributed by atoms with Crippen molar-refractivity contribution in [2.45, 2.75) is 31.9 Å². The molecule has 15 heavy (non-hydrogen) atoms. The van der Waals surface area contributed by atoms with Gasteiger partial charge in [-0.1, -0.05) is 0 Å². The quantitative estimate of drug-likeness (QED) is 0.774. The van der Waals surface area contributed by atoms with Crippen LogP contribution in [0.2, 0.25) is 0 Å². The van der Waals surface area contributed by atoms with Crippen molar-refractivity contribution in [1.29, 1.82) is 0 Å². The van der Waals surface area contributed by atoms with Crippen LogP contribution in [0.4, 0.5) is 11.5 Å². The van der Waals surface area contributed by atoms with E-state index in [0.717, 1.165) is 18.7 Å². The van der Waals surface area contributed by atoms with Gasteiger partial charge in [-0.2, -0.15) is 0 Å². The van der Waals surface area contributed by atoms with Gasteiger partial charge in [0.1, 0.15) is 5.82 Å². The molecule has 0 radical (unpaired) electrons. The first kappa shape index (κ1) is 10.2. The summed E-state index contributed by atoms with van der Waals surface area (Å²) in [5.74, 6) is 0.543. The smallest absolute Gasteiger partial charge is 0.123 e. The molecular formula is C11H17N3O. The molecule has 2 unspecified atom stereocenters. The number of aromatic nitrogens is 1. The minimum absolute atomic E-state index is 0.00219. The summed E-state index contributed by atoms with van der Waals surface area (Å²) in [4.78, 5) is 4.05. The number of pyridine rings is 1. The van der Waals surface area contributed by atoms with E-state index < -0.39 is 0 Å². The molecule has 0 saturated carbocycles. The first-order chi connectivity index (χ1) is 7.10. The SMILES string of the molecule is CC1OCCC1(C)Nc1ccc(N)nc1. The second kappa shape index (κ2) is 3.70. The number of ether oxygens (including phenoxy) is 1. The van der Waals surface area contributed by atoms with E-state index in [2.05, 4.69) is 24.1 Å². The fourth-order valence-corrected chi connectivity index (χ4v) is 1.81. The molecule has 1 saturated heterocycles. The van der Waals surface area contributed by atoms with Gasteiger partial charge in [0, 0.05) is 6.61 Å². The minimum Gasteiger partial charge on any atom is -0.384 e. The molecule has 0 amide bonds. The summed E-state index contributed by atoms with van der Waals surface area (Å²) in [6.45, 7) is 5.07. The van der Waals surface area contributed by atoms with E-state index in [0.29, 0.717) is 5.82 Å². The second-order valence-electron chi connectivity index (χ2n) is 4.28. The van der Waals surface area contributed by atoms with E-state index in [1.807, 2.05) is 6.07 Å². The van der Waals surface area contributed by atoms with Crippen molar-refractivity contribution in [2.24, 2.45) is 0 Å². The summed E-state index contributed by atoms with van der Waals surface area (Å²) in [5.41, 5.74) is 6.52. The van der Waals surface area contributed by atoms with Crippen LogP contribution in [0.3, 0.4) is 0 Å². The number of nitrogen functional groups attached to an aromatic ring is 1. The highest BCUT2D eigenvalue weighted by atomic mass is 16.5. The Morgan fingerprint density at radius 1 is 1.60 bits per heavy atom. The van der Waals surface area contributed by atoms with E-state index in [4.69, 9.17) is 10.5 Å². The van der Waals surface area contributed by atoms with Crippen molar-refractivity contribution in [3.63, 3.8) is 0 Å². The zero-order chi connectivity index (χ0) is 10.9. The Labute approximate surface area is 89.8 Å². The third-order valence-electron chi connectivity index (χ3n) is 3.10. The molecule has 4 nitrogen and oxygen atoms in total. The van der Waals surface area contributed by atoms with Crippen LogP contribution in [-0.4, -0.2) is 23.2 Å². The lowest BCUT2D eigenvalue weighted by atomic mass is 9.94. The molecule has 2 heterocycles. The number of rotatable bonds is 2. The van der Waals surface area contributed by atoms with Gasteiger partial charge in [0.15, 0.2) is 0 Å². The summed E-state index contributed by atoms with van der Waals surface area (Å²) in [6, 6.07) is 3.74. The fraction of sp³-hybridized carbons (Fsp3) is 0.545. The minimum atomic E-state index is -0.00219. The maximum Gasteiger partial charge on any atom is 0.123 e. The molecule has 1 aromatic heterocycles. The maximum absolute atomic E-state index is 5.56. The van der Waals surface area contributed by atoms with Crippen molar-refractivity contribution in [3.05, 3.63) is 18.3 Å². The first-order valence-electron chi connectivity index (χ1n) is 5.21. The third-order valence-corrected chi connectivity index (χ3v) is 3.10. The van der Waals surface area contributed by atoms with Gasteiger partial charge in [0.25, 0.3) is 0 Å². The summed E-state index contributed by atoms with van der Waals surface area (Å²) in [5, 5.41) is 3.45. The number of nitrogens with one attached hydrogen (secondary N) is 1. The summed E-state index contributed by atoms with van der Waals surface area (Å²) in [6.07, 6.45) is 2.99. The van der Waals surface area contributed by atoms with Crippen molar-refractivity contribution < 1.29 is 4.74 Å². The lowest BCUT2D eigenvalue weighted by Gasteiger charge is -2.29. The lowest BCUT2D eigenvalue weighted by Crippen LogP contribution is -2.41. The predicted octanol–water partition coefficient (Wildman–Crippen LogP) is 1.64. The van der Waals surface area contributed by atoms with Gasteiger partial charge in [0.05, 0.1) is 23.5 Å². The first-order valence-corrected chi connectivity index (χ1v) is 5.21. The lowest BCUT2D eigenvalue weighted by molar-refractivity contribution is 0.105. The zero-order valence-electron chi connectivity index (χ0n) is 9.16. The monoisotopic (exact) mass is 207 g/mol. The van der Waals surface area contributed by atoms with Gasteiger partial charge in [-0.15, -0.1) is 0 Å². The Bertz CT molecular complexity index is 338. The van der Waals surface area contributed by atoms with Gasteiger partial charge in [-0.3, -0.25) is 0 Å². The molecule has 2 rings (SSSR count). The van der Waals surface area contributed by atoms with Crippen LogP contribution in [0.25, 0.3) is 0 Å². The van der Waals surface area contributed by atoms with Crippen LogP contribution in [0, 0.1) is 0 Å². The van der Waals surface area contributed by atoms with Crippen molar-refractivity contribution >= 4 is 11.5 Å². The highest BCUT2D eigenvalue weighted by molar-refractivity contribution is 5.47. The number of hydrogen-bond acceptors (Lipinski definition) is 4. The molecule has 1 aliphatic heterocycles. The third kappa shape index (κ3) is 2.04. The van der Waals surface area contributed by atoms with Crippen LogP contribution in [0.15, 0.2) is 18.3 Å². The molecular weight excluding hydrogens is 190 g/mol. The second-order valence-corrected chi connectivity index (χ2v) is 4.28. The van der Waals surface area contributed by atoms with Crippen LogP contribution in [-0.2, 0) is 4.74 Å². The van der Waals surface area contributed by atoms with Gasteiger partial charge in [-0.05, 0) is 32.4 Å². The molecule has 1 aromatic rings. The van der Waals surface area contributed by atoms with Gasteiger partial charge in [0.2, 0.25) is 0 Å². The van der Waals surface area contributed by atoms with Crippen molar-refractivity contribution in [2.75, 3.05) is 17.7 Å². The molecule has 3 N–H and O–H groups in total. The molecule has 2 atom stereocenters.